The first-order valence-corrected chi connectivity index (χ1v) is 13.2. The van der Waals surface area contributed by atoms with Gasteiger partial charge in [0.05, 0.1) is 24.7 Å². The summed E-state index contributed by atoms with van der Waals surface area (Å²) in [6.07, 6.45) is 3.01. The van der Waals surface area contributed by atoms with Gasteiger partial charge in [-0.1, -0.05) is 41.9 Å². The van der Waals surface area contributed by atoms with E-state index in [0.717, 1.165) is 43.9 Å². The van der Waals surface area contributed by atoms with Gasteiger partial charge in [-0.25, -0.2) is 8.42 Å². The molecule has 0 radical (unpaired) electrons. The fraction of sp³-hybridized carbons (Fsp3) is 0.500. The first-order chi connectivity index (χ1) is 15.5. The summed E-state index contributed by atoms with van der Waals surface area (Å²) in [5.41, 5.74) is 1.98. The fourth-order valence-electron chi connectivity index (χ4n) is 5.14. The molecule has 3 aliphatic rings. The Bertz CT molecular complexity index is 1050. The molecule has 6 nitrogen and oxygen atoms in total. The first-order valence-electron chi connectivity index (χ1n) is 11.3. The minimum Gasteiger partial charge on any atom is -0.342 e. The Morgan fingerprint density at radius 1 is 0.969 bits per heavy atom. The Labute approximate surface area is 195 Å². The molecule has 0 unspecified atom stereocenters. The van der Waals surface area contributed by atoms with Crippen molar-refractivity contribution in [1.29, 1.82) is 0 Å². The zero-order valence-electron chi connectivity index (χ0n) is 18.1. The largest absolute Gasteiger partial charge is 0.342 e. The topological polar surface area (TPSA) is 59.1 Å². The van der Waals surface area contributed by atoms with Crippen molar-refractivity contribution in [3.05, 3.63) is 64.7 Å². The van der Waals surface area contributed by atoms with Gasteiger partial charge in [-0.3, -0.25) is 0 Å². The quantitative estimate of drug-likeness (QED) is 0.656. The fourth-order valence-corrected chi connectivity index (χ4v) is 7.01. The van der Waals surface area contributed by atoms with E-state index in [1.54, 1.807) is 22.5 Å². The standard InChI is InChI=1S/C24H29ClN2O4S/c25-21-8-6-19(7-9-21)20-10-14-26(15-11-20)12-3-13-27-18-24(30-16-17-31-24)22-4-1-2-5-23(22)32(27,28)29/h1-2,4-9,20H,3,10-18H2. The summed E-state index contributed by atoms with van der Waals surface area (Å²) < 4.78 is 39.9. The number of piperidine rings is 1. The Balaban J connectivity index is 1.19. The molecule has 0 aromatic heterocycles. The number of nitrogens with zero attached hydrogens (tertiary/aromatic N) is 2. The molecule has 2 aromatic rings. The molecule has 32 heavy (non-hydrogen) atoms. The molecule has 0 aliphatic carbocycles. The van der Waals surface area contributed by atoms with Gasteiger partial charge in [-0.05, 0) is 68.6 Å². The van der Waals surface area contributed by atoms with Crippen LogP contribution in [0.1, 0.15) is 36.3 Å². The van der Waals surface area contributed by atoms with Crippen molar-refractivity contribution >= 4 is 21.6 Å². The van der Waals surface area contributed by atoms with Crippen molar-refractivity contribution < 1.29 is 17.9 Å². The average molecular weight is 477 g/mol. The SMILES string of the molecule is O=S1(=O)c2ccccc2C2(CN1CCCN1CCC(c3ccc(Cl)cc3)CC1)OCCO2. The summed E-state index contributed by atoms with van der Waals surface area (Å²) in [6, 6.07) is 15.2. The van der Waals surface area contributed by atoms with E-state index in [1.165, 1.54) is 5.56 Å². The monoisotopic (exact) mass is 476 g/mol. The van der Waals surface area contributed by atoms with E-state index in [0.29, 0.717) is 36.1 Å². The highest BCUT2D eigenvalue weighted by Crippen LogP contribution is 2.42. The lowest BCUT2D eigenvalue weighted by Gasteiger charge is -2.39. The van der Waals surface area contributed by atoms with Crippen molar-refractivity contribution in [1.82, 2.24) is 9.21 Å². The summed E-state index contributed by atoms with van der Waals surface area (Å²) in [5, 5.41) is 0.775. The van der Waals surface area contributed by atoms with Gasteiger partial charge in [0.1, 0.15) is 0 Å². The van der Waals surface area contributed by atoms with Gasteiger partial charge in [0, 0.05) is 17.1 Å². The van der Waals surface area contributed by atoms with E-state index in [2.05, 4.69) is 17.0 Å². The van der Waals surface area contributed by atoms with Crippen molar-refractivity contribution in [2.24, 2.45) is 0 Å². The van der Waals surface area contributed by atoms with E-state index >= 15 is 0 Å². The highest BCUT2D eigenvalue weighted by atomic mass is 35.5. The highest BCUT2D eigenvalue weighted by Gasteiger charge is 2.50. The van der Waals surface area contributed by atoms with Crippen molar-refractivity contribution in [3.63, 3.8) is 0 Å². The summed E-state index contributed by atoms with van der Waals surface area (Å²) >= 11 is 6.01. The molecule has 2 fully saturated rings. The number of likely N-dealkylation sites (tertiary alicyclic amines) is 1. The maximum atomic E-state index is 13.2. The zero-order chi connectivity index (χ0) is 22.2. The molecule has 0 amide bonds. The molecule has 2 aromatic carbocycles. The molecule has 1 spiro atoms. The van der Waals surface area contributed by atoms with Crippen LogP contribution in [0.15, 0.2) is 53.4 Å². The van der Waals surface area contributed by atoms with Crippen LogP contribution in [0.5, 0.6) is 0 Å². The molecule has 0 N–H and O–H groups in total. The zero-order valence-corrected chi connectivity index (χ0v) is 19.7. The Hall–Kier alpha value is -1.48. The van der Waals surface area contributed by atoms with Crippen LogP contribution in [0.25, 0.3) is 0 Å². The lowest BCUT2D eigenvalue weighted by Crippen LogP contribution is -2.50. The van der Waals surface area contributed by atoms with Gasteiger partial charge in [0.15, 0.2) is 0 Å². The number of halogens is 1. The van der Waals surface area contributed by atoms with Gasteiger partial charge >= 0.3 is 0 Å². The Morgan fingerprint density at radius 2 is 1.66 bits per heavy atom. The third-order valence-electron chi connectivity index (χ3n) is 6.86. The Kier molecular flexibility index (Phi) is 6.31. The summed E-state index contributed by atoms with van der Waals surface area (Å²) in [5.74, 6) is -0.405. The maximum Gasteiger partial charge on any atom is 0.243 e. The molecule has 2 saturated heterocycles. The van der Waals surface area contributed by atoms with Crippen molar-refractivity contribution in [2.75, 3.05) is 45.9 Å². The van der Waals surface area contributed by atoms with E-state index in [9.17, 15) is 8.42 Å². The van der Waals surface area contributed by atoms with Crippen LogP contribution >= 0.6 is 11.6 Å². The predicted octanol–water partition coefficient (Wildman–Crippen LogP) is 3.81. The van der Waals surface area contributed by atoms with Crippen LogP contribution in [0.4, 0.5) is 0 Å². The third kappa shape index (κ3) is 4.22. The normalized spacial score (nSPS) is 23.4. The Morgan fingerprint density at radius 3 is 2.38 bits per heavy atom. The number of fused-ring (bicyclic) bond motifs is 2. The number of hydrogen-bond acceptors (Lipinski definition) is 5. The minimum atomic E-state index is -3.55. The van der Waals surface area contributed by atoms with Crippen molar-refractivity contribution in [2.45, 2.75) is 35.9 Å². The van der Waals surface area contributed by atoms with Gasteiger partial charge in [-0.2, -0.15) is 4.31 Å². The first kappa shape index (κ1) is 22.3. The average Bonchev–Trinajstić information content (AvgIpc) is 3.28. The molecular weight excluding hydrogens is 448 g/mol. The second kappa shape index (κ2) is 9.05. The second-order valence-electron chi connectivity index (χ2n) is 8.81. The van der Waals surface area contributed by atoms with Crippen LogP contribution in [0.2, 0.25) is 5.02 Å². The van der Waals surface area contributed by atoms with Crippen LogP contribution in [-0.4, -0.2) is 63.6 Å². The van der Waals surface area contributed by atoms with Gasteiger partial charge in [0.25, 0.3) is 0 Å². The second-order valence-corrected chi connectivity index (χ2v) is 11.1. The minimum absolute atomic E-state index is 0.213. The maximum absolute atomic E-state index is 13.2. The van der Waals surface area contributed by atoms with E-state index in [-0.39, 0.29) is 6.54 Å². The molecule has 8 heteroatoms. The molecule has 3 aliphatic heterocycles. The molecule has 172 valence electrons. The molecule has 5 rings (SSSR count). The highest BCUT2D eigenvalue weighted by molar-refractivity contribution is 7.89. The lowest BCUT2D eigenvalue weighted by atomic mass is 9.89. The van der Waals surface area contributed by atoms with Gasteiger partial charge in [0.2, 0.25) is 15.8 Å². The molecule has 3 heterocycles. The van der Waals surface area contributed by atoms with Crippen molar-refractivity contribution in [3.8, 4) is 0 Å². The van der Waals surface area contributed by atoms with Crippen LogP contribution < -0.4 is 0 Å². The molecular formula is C24H29ClN2O4S. The summed E-state index contributed by atoms with van der Waals surface area (Å²) in [4.78, 5) is 2.74. The van der Waals surface area contributed by atoms with Crippen LogP contribution in [-0.2, 0) is 25.3 Å². The number of rotatable bonds is 5. The summed E-state index contributed by atoms with van der Waals surface area (Å²) in [6.45, 7) is 4.57. The third-order valence-corrected chi connectivity index (χ3v) is 9.02. The molecule has 0 saturated carbocycles. The number of benzene rings is 2. The molecule has 0 atom stereocenters. The smallest absolute Gasteiger partial charge is 0.243 e. The molecule has 0 bridgehead atoms. The van der Waals surface area contributed by atoms with Gasteiger partial charge in [-0.15, -0.1) is 0 Å². The summed E-state index contributed by atoms with van der Waals surface area (Å²) in [7, 11) is -3.55. The lowest BCUT2D eigenvalue weighted by molar-refractivity contribution is -0.176. The number of sulfonamides is 1. The predicted molar refractivity (Wildman–Crippen MR) is 123 cm³/mol. The number of ether oxygens (including phenoxy) is 2. The van der Waals surface area contributed by atoms with E-state index in [4.69, 9.17) is 21.1 Å². The van der Waals surface area contributed by atoms with E-state index < -0.39 is 15.8 Å². The van der Waals surface area contributed by atoms with Gasteiger partial charge < -0.3 is 14.4 Å². The number of hydrogen-bond donors (Lipinski definition) is 0. The van der Waals surface area contributed by atoms with E-state index in [1.807, 2.05) is 18.2 Å². The van der Waals surface area contributed by atoms with Crippen LogP contribution in [0, 0.1) is 0 Å². The van der Waals surface area contributed by atoms with Crippen LogP contribution in [0.3, 0.4) is 0 Å².